The molecule has 1 fully saturated rings. The van der Waals surface area contributed by atoms with Gasteiger partial charge in [-0.3, -0.25) is 14.7 Å². The lowest BCUT2D eigenvalue weighted by molar-refractivity contribution is -0.116. The van der Waals surface area contributed by atoms with Crippen LogP contribution in [-0.4, -0.2) is 61.1 Å². The van der Waals surface area contributed by atoms with E-state index in [1.54, 1.807) is 16.7 Å². The lowest BCUT2D eigenvalue weighted by Crippen LogP contribution is -2.42. The van der Waals surface area contributed by atoms with Gasteiger partial charge in [-0.15, -0.1) is 0 Å². The van der Waals surface area contributed by atoms with Gasteiger partial charge in [-0.1, -0.05) is 42.5 Å². The van der Waals surface area contributed by atoms with E-state index in [0.717, 1.165) is 29.7 Å². The third-order valence-electron chi connectivity index (χ3n) is 6.75. The number of benzene rings is 3. The fourth-order valence-corrected chi connectivity index (χ4v) is 6.10. The number of hydrogen-bond donors (Lipinski definition) is 1. The highest BCUT2D eigenvalue weighted by molar-refractivity contribution is 7.89. The van der Waals surface area contributed by atoms with Crippen molar-refractivity contribution in [3.8, 4) is 22.7 Å². The van der Waals surface area contributed by atoms with E-state index in [4.69, 9.17) is 14.5 Å². The predicted octanol–water partition coefficient (Wildman–Crippen LogP) is 4.66. The first-order valence-electron chi connectivity index (χ1n) is 13.1. The Morgan fingerprint density at radius 2 is 1.88 bits per heavy atom. The van der Waals surface area contributed by atoms with Crippen LogP contribution in [0.1, 0.15) is 18.4 Å². The number of nitrogens with zero attached hydrogens (tertiary/aromatic N) is 3. The van der Waals surface area contributed by atoms with Crippen LogP contribution in [0, 0.1) is 6.92 Å². The zero-order valence-electron chi connectivity index (χ0n) is 22.5. The zero-order valence-corrected chi connectivity index (χ0v) is 23.3. The molecule has 1 N–H and O–H groups in total. The largest absolute Gasteiger partial charge is 0.497 e. The summed E-state index contributed by atoms with van der Waals surface area (Å²) < 4.78 is 41.2. The molecule has 1 atom stereocenters. The van der Waals surface area contributed by atoms with Crippen molar-refractivity contribution in [3.63, 3.8) is 0 Å². The van der Waals surface area contributed by atoms with Gasteiger partial charge in [0.2, 0.25) is 21.9 Å². The summed E-state index contributed by atoms with van der Waals surface area (Å²) in [7, 11) is -2.48. The number of ether oxygens (including phenoxy) is 2. The smallest absolute Gasteiger partial charge is 0.243 e. The average molecular weight is 561 g/mol. The molecule has 0 saturated carbocycles. The molecule has 0 bridgehead atoms. The van der Waals surface area contributed by atoms with Crippen LogP contribution >= 0.6 is 0 Å². The number of aryl methyl sites for hydroxylation is 1. The molecular weight excluding hydrogens is 528 g/mol. The van der Waals surface area contributed by atoms with Crippen LogP contribution in [0.5, 0.6) is 5.75 Å². The van der Waals surface area contributed by atoms with Crippen LogP contribution in [0.15, 0.2) is 90.0 Å². The molecule has 3 aromatic carbocycles. The number of rotatable bonds is 10. The molecular formula is C30H32N4O5S. The average Bonchev–Trinajstić information content (AvgIpc) is 3.63. The number of aromatic nitrogens is 2. The van der Waals surface area contributed by atoms with Crippen LogP contribution in [0.4, 0.5) is 5.95 Å². The van der Waals surface area contributed by atoms with Gasteiger partial charge in [0.25, 0.3) is 0 Å². The molecule has 10 heteroatoms. The molecule has 40 heavy (non-hydrogen) atoms. The van der Waals surface area contributed by atoms with Gasteiger partial charge in [-0.05, 0) is 61.7 Å². The Morgan fingerprint density at radius 1 is 1.10 bits per heavy atom. The molecule has 1 saturated heterocycles. The number of carbonyl (C=O) groups excluding carboxylic acids is 1. The lowest BCUT2D eigenvalue weighted by Gasteiger charge is -2.24. The first-order chi connectivity index (χ1) is 19.3. The predicted molar refractivity (Wildman–Crippen MR) is 153 cm³/mol. The summed E-state index contributed by atoms with van der Waals surface area (Å²) >= 11 is 0. The number of methoxy groups -OCH3 is 1. The number of hydrogen-bond acceptors (Lipinski definition) is 6. The minimum absolute atomic E-state index is 0.0728. The van der Waals surface area contributed by atoms with E-state index in [2.05, 4.69) is 5.32 Å². The number of imidazole rings is 1. The quantitative estimate of drug-likeness (QED) is 0.303. The summed E-state index contributed by atoms with van der Waals surface area (Å²) in [6.07, 6.45) is 3.16. The second-order valence-corrected chi connectivity index (χ2v) is 11.6. The van der Waals surface area contributed by atoms with Crippen molar-refractivity contribution < 1.29 is 22.7 Å². The van der Waals surface area contributed by atoms with Crippen LogP contribution in [0.2, 0.25) is 0 Å². The minimum Gasteiger partial charge on any atom is -0.497 e. The number of amides is 1. The van der Waals surface area contributed by atoms with E-state index in [0.29, 0.717) is 24.0 Å². The minimum atomic E-state index is -4.00. The Hall–Kier alpha value is -3.99. The molecule has 9 nitrogen and oxygen atoms in total. The molecule has 4 aromatic rings. The van der Waals surface area contributed by atoms with Crippen molar-refractivity contribution in [1.29, 1.82) is 0 Å². The van der Waals surface area contributed by atoms with Crippen molar-refractivity contribution in [3.05, 3.63) is 90.6 Å². The normalized spacial score (nSPS) is 15.3. The lowest BCUT2D eigenvalue weighted by atomic mass is 10.2. The fraction of sp³-hybridized carbons (Fsp3) is 0.267. The molecule has 1 aliphatic rings. The van der Waals surface area contributed by atoms with Crippen molar-refractivity contribution >= 4 is 21.9 Å². The molecule has 1 aliphatic heterocycles. The van der Waals surface area contributed by atoms with Crippen molar-refractivity contribution in [2.75, 3.05) is 32.1 Å². The first-order valence-corrected chi connectivity index (χ1v) is 14.5. The molecule has 1 amide bonds. The maximum absolute atomic E-state index is 13.7. The van der Waals surface area contributed by atoms with E-state index in [1.807, 2.05) is 67.7 Å². The Balaban J connectivity index is 1.44. The monoisotopic (exact) mass is 560 g/mol. The van der Waals surface area contributed by atoms with Gasteiger partial charge in [-0.25, -0.2) is 13.4 Å². The molecule has 0 aliphatic carbocycles. The highest BCUT2D eigenvalue weighted by atomic mass is 32.2. The molecule has 208 valence electrons. The molecule has 1 aromatic heterocycles. The van der Waals surface area contributed by atoms with Crippen LogP contribution in [-0.2, 0) is 19.6 Å². The summed E-state index contributed by atoms with van der Waals surface area (Å²) in [4.78, 5) is 18.2. The topological polar surface area (TPSA) is 103 Å². The van der Waals surface area contributed by atoms with E-state index in [9.17, 15) is 13.2 Å². The zero-order chi connectivity index (χ0) is 28.1. The van der Waals surface area contributed by atoms with E-state index in [1.165, 1.54) is 23.5 Å². The van der Waals surface area contributed by atoms with Crippen LogP contribution in [0.25, 0.3) is 16.9 Å². The molecule has 5 rings (SSSR count). The SMILES string of the molecule is COc1ccc(S(=O)(=O)N(CC(=O)Nc2nc(-c3ccccc3)cn2-c2cccc(C)c2)C[C@@H]2CCCO2)cc1. The molecule has 0 radical (unpaired) electrons. The second kappa shape index (κ2) is 12.0. The molecule has 2 heterocycles. The van der Waals surface area contributed by atoms with Crippen molar-refractivity contribution in [2.45, 2.75) is 30.8 Å². The summed E-state index contributed by atoms with van der Waals surface area (Å²) in [5, 5.41) is 2.86. The number of carbonyl (C=O) groups is 1. The summed E-state index contributed by atoms with van der Waals surface area (Å²) in [5.74, 6) is 0.335. The summed E-state index contributed by atoms with van der Waals surface area (Å²) in [6, 6.07) is 23.6. The van der Waals surface area contributed by atoms with Crippen molar-refractivity contribution in [2.24, 2.45) is 0 Å². The van der Waals surface area contributed by atoms with Gasteiger partial charge in [0.05, 0.1) is 30.3 Å². The second-order valence-electron chi connectivity index (χ2n) is 9.68. The Labute approximate surface area is 234 Å². The number of anilines is 1. The number of nitrogens with one attached hydrogen (secondary N) is 1. The van der Waals surface area contributed by atoms with Crippen LogP contribution < -0.4 is 10.1 Å². The third-order valence-corrected chi connectivity index (χ3v) is 8.58. The van der Waals surface area contributed by atoms with E-state index >= 15 is 0 Å². The highest BCUT2D eigenvalue weighted by Crippen LogP contribution is 2.26. The summed E-state index contributed by atoms with van der Waals surface area (Å²) in [5.41, 5.74) is 3.45. The van der Waals surface area contributed by atoms with E-state index < -0.39 is 22.5 Å². The summed E-state index contributed by atoms with van der Waals surface area (Å²) in [6.45, 7) is 2.24. The molecule has 0 unspecified atom stereocenters. The highest BCUT2D eigenvalue weighted by Gasteiger charge is 2.31. The third kappa shape index (κ3) is 6.25. The van der Waals surface area contributed by atoms with Crippen LogP contribution in [0.3, 0.4) is 0 Å². The van der Waals surface area contributed by atoms with Gasteiger partial charge in [0.15, 0.2) is 0 Å². The van der Waals surface area contributed by atoms with Gasteiger partial charge >= 0.3 is 0 Å². The standard InChI is InChI=1S/C30H32N4O5S/c1-22-8-6-11-24(18-22)34-20-28(23-9-4-3-5-10-23)31-30(34)32-29(35)21-33(19-26-12-7-17-39-26)40(36,37)27-15-13-25(38-2)14-16-27/h3-6,8-11,13-16,18,20,26H,7,12,17,19,21H2,1-2H3,(H,31,32,35)/t26-/m0/s1. The van der Waals surface area contributed by atoms with Gasteiger partial charge < -0.3 is 9.47 Å². The van der Waals surface area contributed by atoms with Gasteiger partial charge in [-0.2, -0.15) is 4.31 Å². The number of sulfonamides is 1. The Kier molecular flexibility index (Phi) is 8.29. The molecule has 0 spiro atoms. The fourth-order valence-electron chi connectivity index (χ4n) is 4.68. The maximum atomic E-state index is 13.7. The maximum Gasteiger partial charge on any atom is 0.243 e. The van der Waals surface area contributed by atoms with Gasteiger partial charge in [0.1, 0.15) is 5.75 Å². The Morgan fingerprint density at radius 3 is 2.55 bits per heavy atom. The Bertz CT molecular complexity index is 1560. The van der Waals surface area contributed by atoms with Crippen molar-refractivity contribution in [1.82, 2.24) is 13.9 Å². The van der Waals surface area contributed by atoms with Gasteiger partial charge in [0, 0.05) is 30.6 Å². The first kappa shape index (κ1) is 27.6. The van der Waals surface area contributed by atoms with E-state index in [-0.39, 0.29) is 17.5 Å².